The Hall–Kier alpha value is -1.55. The molecule has 0 aliphatic heterocycles. The molecule has 0 unspecified atom stereocenters. The van der Waals surface area contributed by atoms with E-state index >= 15 is 0 Å². The molecule has 1 aromatic carbocycles. The van der Waals surface area contributed by atoms with Crippen LogP contribution in [0.4, 0.5) is 0 Å². The molecule has 0 radical (unpaired) electrons. The van der Waals surface area contributed by atoms with Crippen molar-refractivity contribution in [3.05, 3.63) is 35.9 Å². The van der Waals surface area contributed by atoms with Gasteiger partial charge in [-0.05, 0) is 30.2 Å². The summed E-state index contributed by atoms with van der Waals surface area (Å²) in [5.41, 5.74) is 1.76. The fourth-order valence-electron chi connectivity index (χ4n) is 3.75. The number of methoxy groups -OCH3 is 1. The molecule has 1 aliphatic rings. The van der Waals surface area contributed by atoms with Gasteiger partial charge in [0.15, 0.2) is 5.96 Å². The third-order valence-corrected chi connectivity index (χ3v) is 5.61. The lowest BCUT2D eigenvalue weighted by Crippen LogP contribution is -2.46. The molecule has 0 heterocycles. The minimum atomic E-state index is 0.0555. The minimum absolute atomic E-state index is 0.0555. The first kappa shape index (κ1) is 19.8. The molecule has 0 atom stereocenters. The summed E-state index contributed by atoms with van der Waals surface area (Å²) in [6.07, 6.45) is 6.37. The number of ether oxygens (including phenoxy) is 1. The van der Waals surface area contributed by atoms with Gasteiger partial charge in [0.2, 0.25) is 0 Å². The molecule has 0 saturated heterocycles. The summed E-state index contributed by atoms with van der Waals surface area (Å²) in [7, 11) is 3.64. The van der Waals surface area contributed by atoms with Crippen molar-refractivity contribution in [3.63, 3.8) is 0 Å². The summed E-state index contributed by atoms with van der Waals surface area (Å²) in [6.45, 7) is 7.19. The molecule has 25 heavy (non-hydrogen) atoms. The Kier molecular flexibility index (Phi) is 7.30. The van der Waals surface area contributed by atoms with E-state index in [-0.39, 0.29) is 5.41 Å². The second kappa shape index (κ2) is 9.23. The Morgan fingerprint density at radius 1 is 1.16 bits per heavy atom. The van der Waals surface area contributed by atoms with Gasteiger partial charge in [-0.3, -0.25) is 4.99 Å². The zero-order chi connectivity index (χ0) is 18.2. The van der Waals surface area contributed by atoms with Crippen LogP contribution in [-0.2, 0) is 10.2 Å². The maximum atomic E-state index is 5.33. The number of guanidine groups is 1. The Balaban J connectivity index is 1.88. The van der Waals surface area contributed by atoms with Gasteiger partial charge in [0.25, 0.3) is 0 Å². The van der Waals surface area contributed by atoms with Gasteiger partial charge < -0.3 is 15.4 Å². The Bertz CT molecular complexity index is 533. The number of hydrogen-bond acceptors (Lipinski definition) is 2. The van der Waals surface area contributed by atoms with Gasteiger partial charge in [-0.1, -0.05) is 57.0 Å². The van der Waals surface area contributed by atoms with Crippen molar-refractivity contribution in [1.82, 2.24) is 10.6 Å². The first-order valence-electron chi connectivity index (χ1n) is 9.50. The standard InChI is InChI=1S/C21H35N3O/c1-20(2,18-10-6-5-7-11-18)16-23-19(22-3)24-17-21(14-15-25-4)12-8-9-13-21/h5-7,10-11H,8-9,12-17H2,1-4H3,(H2,22,23,24). The molecule has 1 aliphatic carbocycles. The van der Waals surface area contributed by atoms with Gasteiger partial charge in [-0.15, -0.1) is 0 Å². The van der Waals surface area contributed by atoms with Crippen LogP contribution in [0.2, 0.25) is 0 Å². The molecular weight excluding hydrogens is 310 g/mol. The average molecular weight is 346 g/mol. The smallest absolute Gasteiger partial charge is 0.191 e. The van der Waals surface area contributed by atoms with Crippen LogP contribution in [0.15, 0.2) is 35.3 Å². The molecule has 0 amide bonds. The summed E-state index contributed by atoms with van der Waals surface area (Å²) in [5, 5.41) is 7.08. The van der Waals surface area contributed by atoms with Gasteiger partial charge in [-0.25, -0.2) is 0 Å². The molecule has 1 aromatic rings. The second-order valence-electron chi connectivity index (χ2n) is 7.98. The maximum absolute atomic E-state index is 5.33. The van der Waals surface area contributed by atoms with Crippen LogP contribution in [-0.4, -0.2) is 39.8 Å². The van der Waals surface area contributed by atoms with Crippen LogP contribution in [0.25, 0.3) is 0 Å². The van der Waals surface area contributed by atoms with E-state index in [2.05, 4.69) is 59.8 Å². The number of nitrogens with zero attached hydrogens (tertiary/aromatic N) is 1. The largest absolute Gasteiger partial charge is 0.385 e. The summed E-state index contributed by atoms with van der Waals surface area (Å²) >= 11 is 0. The van der Waals surface area contributed by atoms with Crippen LogP contribution in [0.3, 0.4) is 0 Å². The van der Waals surface area contributed by atoms with Crippen LogP contribution in [0, 0.1) is 5.41 Å². The van der Waals surface area contributed by atoms with E-state index in [1.807, 2.05) is 7.05 Å². The molecule has 2 N–H and O–H groups in total. The first-order chi connectivity index (χ1) is 12.0. The van der Waals surface area contributed by atoms with Gasteiger partial charge >= 0.3 is 0 Å². The van der Waals surface area contributed by atoms with Crippen LogP contribution >= 0.6 is 0 Å². The van der Waals surface area contributed by atoms with Crippen molar-refractivity contribution in [1.29, 1.82) is 0 Å². The van der Waals surface area contributed by atoms with Crippen molar-refractivity contribution in [3.8, 4) is 0 Å². The molecular formula is C21H35N3O. The molecule has 4 nitrogen and oxygen atoms in total. The topological polar surface area (TPSA) is 45.7 Å². The number of hydrogen-bond donors (Lipinski definition) is 2. The number of nitrogens with one attached hydrogen (secondary N) is 2. The lowest BCUT2D eigenvalue weighted by molar-refractivity contribution is 0.138. The molecule has 1 saturated carbocycles. The predicted molar refractivity (Wildman–Crippen MR) is 106 cm³/mol. The van der Waals surface area contributed by atoms with Crippen LogP contribution in [0.1, 0.15) is 51.5 Å². The van der Waals surface area contributed by atoms with Gasteiger partial charge in [-0.2, -0.15) is 0 Å². The fraction of sp³-hybridized carbons (Fsp3) is 0.667. The third-order valence-electron chi connectivity index (χ3n) is 5.61. The molecule has 0 spiro atoms. The van der Waals surface area contributed by atoms with Gasteiger partial charge in [0.1, 0.15) is 0 Å². The minimum Gasteiger partial charge on any atom is -0.385 e. The van der Waals surface area contributed by atoms with E-state index in [0.717, 1.165) is 32.1 Å². The number of aliphatic imine (C=N–C) groups is 1. The molecule has 0 aromatic heterocycles. The lowest BCUT2D eigenvalue weighted by Gasteiger charge is -2.31. The number of benzene rings is 1. The monoisotopic (exact) mass is 345 g/mol. The Morgan fingerprint density at radius 3 is 2.44 bits per heavy atom. The van der Waals surface area contributed by atoms with Gasteiger partial charge in [0, 0.05) is 39.3 Å². The highest BCUT2D eigenvalue weighted by atomic mass is 16.5. The number of rotatable bonds is 8. The molecule has 4 heteroatoms. The van der Waals surface area contributed by atoms with Gasteiger partial charge in [0.05, 0.1) is 0 Å². The van der Waals surface area contributed by atoms with E-state index in [4.69, 9.17) is 4.74 Å². The van der Waals surface area contributed by atoms with Crippen molar-refractivity contribution in [2.75, 3.05) is 33.9 Å². The first-order valence-corrected chi connectivity index (χ1v) is 9.50. The highest BCUT2D eigenvalue weighted by Crippen LogP contribution is 2.40. The summed E-state index contributed by atoms with van der Waals surface area (Å²) in [5.74, 6) is 0.896. The molecule has 1 fully saturated rings. The lowest BCUT2D eigenvalue weighted by atomic mass is 9.83. The van der Waals surface area contributed by atoms with Crippen molar-refractivity contribution in [2.45, 2.75) is 51.4 Å². The molecule has 2 rings (SSSR count). The van der Waals surface area contributed by atoms with Crippen molar-refractivity contribution < 1.29 is 4.74 Å². The van der Waals surface area contributed by atoms with E-state index in [1.54, 1.807) is 7.11 Å². The second-order valence-corrected chi connectivity index (χ2v) is 7.98. The third kappa shape index (κ3) is 5.74. The highest BCUT2D eigenvalue weighted by Gasteiger charge is 2.33. The highest BCUT2D eigenvalue weighted by molar-refractivity contribution is 5.79. The maximum Gasteiger partial charge on any atom is 0.191 e. The zero-order valence-corrected chi connectivity index (χ0v) is 16.4. The van der Waals surface area contributed by atoms with E-state index in [1.165, 1.54) is 31.2 Å². The van der Waals surface area contributed by atoms with Crippen molar-refractivity contribution >= 4 is 5.96 Å². The molecule has 140 valence electrons. The Labute approximate surface area is 153 Å². The quantitative estimate of drug-likeness (QED) is 0.557. The molecule has 0 bridgehead atoms. The van der Waals surface area contributed by atoms with Crippen molar-refractivity contribution in [2.24, 2.45) is 10.4 Å². The zero-order valence-electron chi connectivity index (χ0n) is 16.4. The SMILES string of the molecule is CN=C(NCC1(CCOC)CCCC1)NCC(C)(C)c1ccccc1. The summed E-state index contributed by atoms with van der Waals surface area (Å²) in [4.78, 5) is 4.42. The van der Waals surface area contributed by atoms with Crippen LogP contribution in [0.5, 0.6) is 0 Å². The normalized spacial score (nSPS) is 17.5. The fourth-order valence-corrected chi connectivity index (χ4v) is 3.75. The van der Waals surface area contributed by atoms with E-state index in [0.29, 0.717) is 5.41 Å². The van der Waals surface area contributed by atoms with E-state index in [9.17, 15) is 0 Å². The summed E-state index contributed by atoms with van der Waals surface area (Å²) < 4.78 is 5.33. The van der Waals surface area contributed by atoms with Crippen LogP contribution < -0.4 is 10.6 Å². The predicted octanol–water partition coefficient (Wildman–Crippen LogP) is 3.73. The summed E-state index contributed by atoms with van der Waals surface area (Å²) in [6, 6.07) is 10.6. The average Bonchev–Trinajstić information content (AvgIpc) is 3.10. The Morgan fingerprint density at radius 2 is 1.84 bits per heavy atom. The van der Waals surface area contributed by atoms with E-state index < -0.39 is 0 Å².